The van der Waals surface area contributed by atoms with E-state index in [4.69, 9.17) is 14.6 Å². The van der Waals surface area contributed by atoms with Crippen molar-refractivity contribution in [3.63, 3.8) is 0 Å². The van der Waals surface area contributed by atoms with Crippen molar-refractivity contribution in [2.24, 2.45) is 0 Å². The number of aromatic nitrogens is 4. The van der Waals surface area contributed by atoms with Gasteiger partial charge in [-0.05, 0) is 30.3 Å². The van der Waals surface area contributed by atoms with E-state index in [-0.39, 0.29) is 0 Å². The monoisotopic (exact) mass is 417 g/mol. The molecule has 0 radical (unpaired) electrons. The summed E-state index contributed by atoms with van der Waals surface area (Å²) in [5, 5.41) is 4.82. The van der Waals surface area contributed by atoms with E-state index in [0.717, 1.165) is 54.4 Å². The Hall–Kier alpha value is -3.29. The maximum absolute atomic E-state index is 5.24. The minimum atomic E-state index is 0.562. The van der Waals surface area contributed by atoms with E-state index in [9.17, 15) is 0 Å². The molecule has 3 aromatic heterocycles. The molecule has 0 atom stereocenters. The highest BCUT2D eigenvalue weighted by molar-refractivity contribution is 5.66. The minimum absolute atomic E-state index is 0.562. The molecule has 1 aromatic carbocycles. The van der Waals surface area contributed by atoms with Crippen molar-refractivity contribution in [3.8, 4) is 28.4 Å². The number of methoxy groups -OCH3 is 2. The van der Waals surface area contributed by atoms with Crippen LogP contribution in [0, 0.1) is 0 Å². The van der Waals surface area contributed by atoms with Crippen molar-refractivity contribution in [1.82, 2.24) is 24.5 Å². The number of ether oxygens (including phenoxy) is 2. The quantitative estimate of drug-likeness (QED) is 0.411. The summed E-state index contributed by atoms with van der Waals surface area (Å²) >= 11 is 0. The Bertz CT molecular complexity index is 1140. The van der Waals surface area contributed by atoms with Gasteiger partial charge in [0.2, 0.25) is 5.88 Å². The Balaban J connectivity index is 1.60. The molecule has 0 bridgehead atoms. The zero-order chi connectivity index (χ0) is 21.6. The number of hydrogen-bond acceptors (Lipinski definition) is 6. The fourth-order valence-corrected chi connectivity index (χ4v) is 3.51. The molecule has 0 saturated heterocycles. The van der Waals surface area contributed by atoms with E-state index < -0.39 is 0 Å². The van der Waals surface area contributed by atoms with Gasteiger partial charge in [0, 0.05) is 43.6 Å². The molecule has 160 valence electrons. The SMILES string of the molecule is CCN(CCOC)Cc1ccc(-c2cnc3ccc(-c4ccnc(OC)c4)nn23)cc1. The Kier molecular flexibility index (Phi) is 6.54. The molecule has 4 rings (SSSR count). The first-order valence-corrected chi connectivity index (χ1v) is 10.4. The number of benzene rings is 1. The second kappa shape index (κ2) is 9.68. The molecule has 0 fully saturated rings. The first-order chi connectivity index (χ1) is 15.2. The lowest BCUT2D eigenvalue weighted by Crippen LogP contribution is -2.26. The first kappa shape index (κ1) is 21.0. The molecule has 0 amide bonds. The molecule has 3 heterocycles. The van der Waals surface area contributed by atoms with Gasteiger partial charge in [0.1, 0.15) is 0 Å². The van der Waals surface area contributed by atoms with Crippen molar-refractivity contribution < 1.29 is 9.47 Å². The summed E-state index contributed by atoms with van der Waals surface area (Å²) in [5.74, 6) is 0.562. The van der Waals surface area contributed by atoms with Crippen LogP contribution in [0.25, 0.3) is 28.2 Å². The summed E-state index contributed by atoms with van der Waals surface area (Å²) in [6.45, 7) is 5.73. The standard InChI is InChI=1S/C24H27N5O2/c1-4-28(13-14-30-2)17-18-5-7-19(8-6-18)22-16-26-23-10-9-21(27-29(22)23)20-11-12-25-24(15-20)31-3/h5-12,15-16H,4,13-14,17H2,1-3H3. The van der Waals surface area contributed by atoms with Crippen LogP contribution in [0.3, 0.4) is 0 Å². The number of fused-ring (bicyclic) bond motifs is 1. The molecule has 31 heavy (non-hydrogen) atoms. The summed E-state index contributed by atoms with van der Waals surface area (Å²) in [6.07, 6.45) is 3.59. The maximum atomic E-state index is 5.24. The number of pyridine rings is 1. The molecule has 7 nitrogen and oxygen atoms in total. The molecular formula is C24H27N5O2. The van der Waals surface area contributed by atoms with Crippen LogP contribution in [0.2, 0.25) is 0 Å². The summed E-state index contributed by atoms with van der Waals surface area (Å²) in [6, 6.07) is 16.3. The lowest BCUT2D eigenvalue weighted by Gasteiger charge is -2.20. The summed E-state index contributed by atoms with van der Waals surface area (Å²) in [4.78, 5) is 11.1. The zero-order valence-electron chi connectivity index (χ0n) is 18.2. The smallest absolute Gasteiger partial charge is 0.213 e. The van der Waals surface area contributed by atoms with Gasteiger partial charge in [-0.25, -0.2) is 14.5 Å². The number of imidazole rings is 1. The van der Waals surface area contributed by atoms with E-state index in [1.54, 1.807) is 20.4 Å². The second-order valence-electron chi connectivity index (χ2n) is 7.28. The van der Waals surface area contributed by atoms with Crippen LogP contribution in [-0.2, 0) is 11.3 Å². The number of nitrogens with zero attached hydrogens (tertiary/aromatic N) is 5. The van der Waals surface area contributed by atoms with Crippen LogP contribution < -0.4 is 4.74 Å². The fourth-order valence-electron chi connectivity index (χ4n) is 3.51. The zero-order valence-corrected chi connectivity index (χ0v) is 18.2. The summed E-state index contributed by atoms with van der Waals surface area (Å²) < 4.78 is 12.3. The van der Waals surface area contributed by atoms with Crippen molar-refractivity contribution in [3.05, 3.63) is 66.5 Å². The topological polar surface area (TPSA) is 64.8 Å². The Morgan fingerprint density at radius 1 is 0.968 bits per heavy atom. The molecule has 0 aliphatic heterocycles. The third kappa shape index (κ3) is 4.73. The lowest BCUT2D eigenvalue weighted by atomic mass is 10.1. The molecule has 0 N–H and O–H groups in total. The average molecular weight is 418 g/mol. The summed E-state index contributed by atoms with van der Waals surface area (Å²) in [7, 11) is 3.35. The van der Waals surface area contributed by atoms with Gasteiger partial charge in [-0.1, -0.05) is 31.2 Å². The largest absolute Gasteiger partial charge is 0.481 e. The van der Waals surface area contributed by atoms with Crippen LogP contribution in [0.1, 0.15) is 12.5 Å². The van der Waals surface area contributed by atoms with Gasteiger partial charge < -0.3 is 9.47 Å². The second-order valence-corrected chi connectivity index (χ2v) is 7.28. The van der Waals surface area contributed by atoms with Crippen LogP contribution in [0.5, 0.6) is 5.88 Å². The van der Waals surface area contributed by atoms with Crippen molar-refractivity contribution in [2.75, 3.05) is 33.9 Å². The van der Waals surface area contributed by atoms with Gasteiger partial charge in [0.25, 0.3) is 0 Å². The highest BCUT2D eigenvalue weighted by Crippen LogP contribution is 2.24. The van der Waals surface area contributed by atoms with E-state index in [2.05, 4.69) is 46.1 Å². The first-order valence-electron chi connectivity index (χ1n) is 10.4. The molecule has 0 aliphatic carbocycles. The molecule has 0 spiro atoms. The molecule has 0 aliphatic rings. The van der Waals surface area contributed by atoms with Crippen molar-refractivity contribution >= 4 is 5.65 Å². The van der Waals surface area contributed by atoms with Crippen LogP contribution in [-0.4, -0.2) is 58.4 Å². The van der Waals surface area contributed by atoms with Crippen LogP contribution in [0.4, 0.5) is 0 Å². The van der Waals surface area contributed by atoms with E-state index >= 15 is 0 Å². The average Bonchev–Trinajstić information content (AvgIpc) is 3.25. The molecule has 4 aromatic rings. The van der Waals surface area contributed by atoms with Gasteiger partial charge in [-0.3, -0.25) is 4.90 Å². The maximum Gasteiger partial charge on any atom is 0.213 e. The highest BCUT2D eigenvalue weighted by atomic mass is 16.5. The predicted octanol–water partition coefficient (Wildman–Crippen LogP) is 3.94. The van der Waals surface area contributed by atoms with E-state index in [1.165, 1.54) is 5.56 Å². The normalized spacial score (nSPS) is 11.4. The van der Waals surface area contributed by atoms with Crippen molar-refractivity contribution in [1.29, 1.82) is 0 Å². The van der Waals surface area contributed by atoms with Gasteiger partial charge in [0.15, 0.2) is 5.65 Å². The van der Waals surface area contributed by atoms with Crippen LogP contribution >= 0.6 is 0 Å². The third-order valence-electron chi connectivity index (χ3n) is 5.32. The molecular weight excluding hydrogens is 390 g/mol. The Labute approximate surface area is 182 Å². The highest BCUT2D eigenvalue weighted by Gasteiger charge is 2.11. The molecule has 7 heteroatoms. The minimum Gasteiger partial charge on any atom is -0.481 e. The van der Waals surface area contributed by atoms with E-state index in [0.29, 0.717) is 5.88 Å². The van der Waals surface area contributed by atoms with Gasteiger partial charge >= 0.3 is 0 Å². The fraction of sp³-hybridized carbons (Fsp3) is 0.292. The Morgan fingerprint density at radius 3 is 2.55 bits per heavy atom. The number of rotatable bonds is 9. The summed E-state index contributed by atoms with van der Waals surface area (Å²) in [5.41, 5.74) is 5.89. The predicted molar refractivity (Wildman–Crippen MR) is 121 cm³/mol. The number of hydrogen-bond donors (Lipinski definition) is 0. The van der Waals surface area contributed by atoms with Crippen molar-refractivity contribution in [2.45, 2.75) is 13.5 Å². The third-order valence-corrected chi connectivity index (χ3v) is 5.32. The molecule has 0 saturated carbocycles. The van der Waals surface area contributed by atoms with Gasteiger partial charge in [0.05, 0.1) is 31.3 Å². The van der Waals surface area contributed by atoms with E-state index in [1.807, 2.05) is 35.0 Å². The van der Waals surface area contributed by atoms with Gasteiger partial charge in [-0.15, -0.1) is 0 Å². The molecule has 0 unspecified atom stereocenters. The van der Waals surface area contributed by atoms with Gasteiger partial charge in [-0.2, -0.15) is 5.10 Å². The Morgan fingerprint density at radius 2 is 1.81 bits per heavy atom. The van der Waals surface area contributed by atoms with Crippen LogP contribution in [0.15, 0.2) is 60.9 Å². The lowest BCUT2D eigenvalue weighted by molar-refractivity contribution is 0.147. The number of likely N-dealkylation sites (N-methyl/N-ethyl adjacent to an activating group) is 1.